The highest BCUT2D eigenvalue weighted by molar-refractivity contribution is 6.30. The third-order valence-corrected chi connectivity index (χ3v) is 7.16. The zero-order valence-corrected chi connectivity index (χ0v) is 19.3. The summed E-state index contributed by atoms with van der Waals surface area (Å²) in [6, 6.07) is 8.05. The van der Waals surface area contributed by atoms with Crippen LogP contribution in [0.15, 0.2) is 36.7 Å². The zero-order chi connectivity index (χ0) is 22.5. The Morgan fingerprint density at radius 3 is 2.25 bits per heavy atom. The van der Waals surface area contributed by atoms with E-state index in [1.165, 1.54) is 5.56 Å². The number of hydrogen-bond acceptors (Lipinski definition) is 6. The van der Waals surface area contributed by atoms with Gasteiger partial charge in [0.25, 0.3) is 0 Å². The normalized spacial score (nSPS) is 19.8. The number of halogens is 1. The van der Waals surface area contributed by atoms with Crippen molar-refractivity contribution in [2.24, 2.45) is 17.6 Å². The van der Waals surface area contributed by atoms with Crippen LogP contribution in [-0.2, 0) is 17.8 Å². The molecule has 1 aromatic heterocycles. The molecule has 0 spiro atoms. The first kappa shape index (κ1) is 23.0. The van der Waals surface area contributed by atoms with Gasteiger partial charge < -0.3 is 16.4 Å². The van der Waals surface area contributed by atoms with Crippen LogP contribution < -0.4 is 11.5 Å². The molecule has 4 rings (SSSR count). The lowest BCUT2D eigenvalue weighted by molar-refractivity contribution is -0.138. The summed E-state index contributed by atoms with van der Waals surface area (Å²) < 4.78 is 0. The summed E-state index contributed by atoms with van der Waals surface area (Å²) in [4.78, 5) is 25.6. The lowest BCUT2D eigenvalue weighted by Gasteiger charge is -2.38. The molecule has 4 N–H and O–H groups in total. The molecule has 2 aliphatic rings. The molecule has 2 aliphatic heterocycles. The second-order valence-electron chi connectivity index (χ2n) is 9.16. The van der Waals surface area contributed by atoms with Crippen molar-refractivity contribution in [2.45, 2.75) is 44.7 Å². The number of carbonyl (C=O) groups is 1. The maximum atomic E-state index is 13.1. The lowest BCUT2D eigenvalue weighted by atomic mass is 9.85. The van der Waals surface area contributed by atoms with Gasteiger partial charge in [0.05, 0.1) is 0 Å². The van der Waals surface area contributed by atoms with Gasteiger partial charge in [-0.25, -0.2) is 9.97 Å². The first-order valence-electron chi connectivity index (χ1n) is 11.6. The minimum Gasteiger partial charge on any atom is -0.368 e. The zero-order valence-electron chi connectivity index (χ0n) is 18.5. The molecule has 0 aliphatic carbocycles. The highest BCUT2D eigenvalue weighted by Crippen LogP contribution is 2.26. The number of piperidine rings is 2. The van der Waals surface area contributed by atoms with Crippen molar-refractivity contribution in [3.05, 3.63) is 52.8 Å². The molecule has 1 atom stereocenters. The summed E-state index contributed by atoms with van der Waals surface area (Å²) in [7, 11) is 0. The number of hydrogen-bond donors (Lipinski definition) is 2. The Balaban J connectivity index is 1.20. The number of benzene rings is 1. The van der Waals surface area contributed by atoms with Gasteiger partial charge in [0.1, 0.15) is 0 Å². The Morgan fingerprint density at radius 1 is 1.00 bits per heavy atom. The molecule has 2 fully saturated rings. The maximum absolute atomic E-state index is 13.1. The Labute approximate surface area is 195 Å². The number of nitrogens with two attached hydrogens (primary N) is 2. The fourth-order valence-electron chi connectivity index (χ4n) is 4.91. The predicted octanol–water partition coefficient (Wildman–Crippen LogP) is 2.73. The van der Waals surface area contributed by atoms with Crippen molar-refractivity contribution in [3.8, 4) is 0 Å². The van der Waals surface area contributed by atoms with Gasteiger partial charge >= 0.3 is 0 Å². The minimum atomic E-state index is 0.119. The molecule has 0 radical (unpaired) electrons. The second kappa shape index (κ2) is 10.6. The Kier molecular flexibility index (Phi) is 7.60. The van der Waals surface area contributed by atoms with Gasteiger partial charge in [0, 0.05) is 54.6 Å². The smallest absolute Gasteiger partial charge is 0.225 e. The van der Waals surface area contributed by atoms with Crippen molar-refractivity contribution < 1.29 is 4.79 Å². The first-order chi connectivity index (χ1) is 15.5. The molecule has 2 saturated heterocycles. The lowest BCUT2D eigenvalue weighted by Crippen LogP contribution is -2.47. The van der Waals surface area contributed by atoms with Gasteiger partial charge in [-0.3, -0.25) is 9.69 Å². The van der Waals surface area contributed by atoms with Crippen molar-refractivity contribution in [3.63, 3.8) is 0 Å². The van der Waals surface area contributed by atoms with Crippen LogP contribution in [-0.4, -0.2) is 57.9 Å². The molecule has 3 heterocycles. The summed E-state index contributed by atoms with van der Waals surface area (Å²) in [5, 5.41) is 0.749. The Hall–Kier alpha value is -2.22. The third-order valence-electron chi connectivity index (χ3n) is 6.91. The van der Waals surface area contributed by atoms with Crippen LogP contribution in [0.4, 0.5) is 5.95 Å². The van der Waals surface area contributed by atoms with Gasteiger partial charge in [-0.05, 0) is 68.8 Å². The molecule has 8 heteroatoms. The largest absolute Gasteiger partial charge is 0.368 e. The van der Waals surface area contributed by atoms with Crippen LogP contribution >= 0.6 is 11.6 Å². The molecular weight excluding hydrogens is 424 g/mol. The molecular formula is C24H33ClN6O. The first-order valence-corrected chi connectivity index (χ1v) is 11.9. The minimum absolute atomic E-state index is 0.119. The monoisotopic (exact) mass is 456 g/mol. The van der Waals surface area contributed by atoms with Gasteiger partial charge in [-0.2, -0.15) is 0 Å². The van der Waals surface area contributed by atoms with E-state index in [0.29, 0.717) is 17.8 Å². The van der Waals surface area contributed by atoms with E-state index in [4.69, 9.17) is 23.1 Å². The second-order valence-corrected chi connectivity index (χ2v) is 9.59. The molecule has 7 nitrogen and oxygen atoms in total. The molecule has 1 aromatic carbocycles. The number of aromatic nitrogens is 2. The predicted molar refractivity (Wildman–Crippen MR) is 127 cm³/mol. The molecule has 2 aromatic rings. The van der Waals surface area contributed by atoms with E-state index in [1.807, 2.05) is 24.3 Å². The molecule has 172 valence electrons. The number of rotatable bonds is 6. The number of likely N-dealkylation sites (tertiary alicyclic amines) is 2. The average molecular weight is 457 g/mol. The fourth-order valence-corrected chi connectivity index (χ4v) is 5.03. The highest BCUT2D eigenvalue weighted by atomic mass is 35.5. The quantitative estimate of drug-likeness (QED) is 0.693. The number of carbonyl (C=O) groups excluding carboxylic acids is 1. The van der Waals surface area contributed by atoms with E-state index < -0.39 is 0 Å². The average Bonchev–Trinajstić information content (AvgIpc) is 2.82. The topological polar surface area (TPSA) is 101 Å². The van der Waals surface area contributed by atoms with E-state index in [1.54, 1.807) is 12.4 Å². The third kappa shape index (κ3) is 5.97. The molecule has 0 bridgehead atoms. The van der Waals surface area contributed by atoms with E-state index in [9.17, 15) is 4.79 Å². The van der Waals surface area contributed by atoms with E-state index in [2.05, 4.69) is 19.8 Å². The Bertz CT molecular complexity index is 874. The number of nitrogen functional groups attached to an aromatic ring is 1. The number of nitrogens with zero attached hydrogens (tertiary/aromatic N) is 4. The van der Waals surface area contributed by atoms with Crippen LogP contribution in [0.5, 0.6) is 0 Å². The number of anilines is 1. The van der Waals surface area contributed by atoms with E-state index >= 15 is 0 Å². The SMILES string of the molecule is Nc1ncc(CN2CCC(C(=O)N3CCC(C(N)Cc4ccc(Cl)cc4)CC3)CC2)cn1. The van der Waals surface area contributed by atoms with Gasteiger partial charge in [-0.15, -0.1) is 0 Å². The summed E-state index contributed by atoms with van der Waals surface area (Å²) in [5.74, 6) is 1.21. The summed E-state index contributed by atoms with van der Waals surface area (Å²) in [5.41, 5.74) is 14.3. The Morgan fingerprint density at radius 2 is 1.62 bits per heavy atom. The van der Waals surface area contributed by atoms with Gasteiger partial charge in [0.15, 0.2) is 0 Å². The van der Waals surface area contributed by atoms with Crippen molar-refractivity contribution >= 4 is 23.5 Å². The van der Waals surface area contributed by atoms with Crippen molar-refractivity contribution in [2.75, 3.05) is 31.9 Å². The van der Waals surface area contributed by atoms with E-state index in [-0.39, 0.29) is 12.0 Å². The fraction of sp³-hybridized carbons (Fsp3) is 0.542. The number of amides is 1. The maximum Gasteiger partial charge on any atom is 0.225 e. The van der Waals surface area contributed by atoms with Crippen LogP contribution in [0, 0.1) is 11.8 Å². The van der Waals surface area contributed by atoms with Crippen LogP contribution in [0.1, 0.15) is 36.8 Å². The van der Waals surface area contributed by atoms with Crippen LogP contribution in [0.2, 0.25) is 5.02 Å². The van der Waals surface area contributed by atoms with Gasteiger partial charge in [0.2, 0.25) is 11.9 Å². The summed E-state index contributed by atoms with van der Waals surface area (Å²) in [6.45, 7) is 4.28. The molecule has 32 heavy (non-hydrogen) atoms. The standard InChI is InChI=1S/C24H33ClN6O/c25-21-3-1-17(2-4-21)13-22(26)19-7-11-31(12-8-19)23(32)20-5-9-30(10-6-20)16-18-14-28-24(27)29-15-18/h1-4,14-15,19-20,22H,5-13,16,26H2,(H2,27,28,29). The molecule has 1 unspecified atom stereocenters. The van der Waals surface area contributed by atoms with Crippen LogP contribution in [0.3, 0.4) is 0 Å². The highest BCUT2D eigenvalue weighted by Gasteiger charge is 2.32. The summed E-state index contributed by atoms with van der Waals surface area (Å²) >= 11 is 5.98. The van der Waals surface area contributed by atoms with E-state index in [0.717, 1.165) is 75.4 Å². The molecule has 1 amide bonds. The molecule has 0 saturated carbocycles. The van der Waals surface area contributed by atoms with Gasteiger partial charge in [-0.1, -0.05) is 23.7 Å². The van der Waals surface area contributed by atoms with Crippen molar-refractivity contribution in [1.29, 1.82) is 0 Å². The summed E-state index contributed by atoms with van der Waals surface area (Å²) in [6.07, 6.45) is 8.19. The van der Waals surface area contributed by atoms with Crippen LogP contribution in [0.25, 0.3) is 0 Å². The van der Waals surface area contributed by atoms with Crippen molar-refractivity contribution in [1.82, 2.24) is 19.8 Å².